The van der Waals surface area contributed by atoms with Crippen LogP contribution < -0.4 is 5.32 Å². The molecule has 0 aliphatic heterocycles. The van der Waals surface area contributed by atoms with Gasteiger partial charge in [0.25, 0.3) is 0 Å². The quantitative estimate of drug-likeness (QED) is 0.599. The highest BCUT2D eigenvalue weighted by atomic mass is 14.9. The Morgan fingerprint density at radius 3 is 2.58 bits per heavy atom. The van der Waals surface area contributed by atoms with E-state index in [-0.39, 0.29) is 0 Å². The van der Waals surface area contributed by atoms with Crippen molar-refractivity contribution in [1.29, 1.82) is 0 Å². The molecule has 0 aromatic carbocycles. The third kappa shape index (κ3) is 2.22. The third-order valence-corrected chi connectivity index (χ3v) is 3.63. The average Bonchev–Trinajstić information content (AvgIpc) is 2.96. The molecule has 1 N–H and O–H groups in total. The van der Waals surface area contributed by atoms with E-state index < -0.39 is 0 Å². The SMILES string of the molecule is CCC1(CNCCC2CC2)CC1. The van der Waals surface area contributed by atoms with Crippen LogP contribution in [0.3, 0.4) is 0 Å². The Balaban J connectivity index is 1.50. The van der Waals surface area contributed by atoms with Crippen LogP contribution in [0, 0.1) is 11.3 Å². The van der Waals surface area contributed by atoms with Gasteiger partial charge in [-0.2, -0.15) is 0 Å². The van der Waals surface area contributed by atoms with Crippen LogP contribution in [-0.4, -0.2) is 13.1 Å². The van der Waals surface area contributed by atoms with Crippen molar-refractivity contribution in [3.63, 3.8) is 0 Å². The van der Waals surface area contributed by atoms with E-state index in [0.29, 0.717) is 0 Å². The van der Waals surface area contributed by atoms with Crippen LogP contribution in [0.25, 0.3) is 0 Å². The van der Waals surface area contributed by atoms with E-state index in [1.165, 1.54) is 51.6 Å². The van der Waals surface area contributed by atoms with Crippen molar-refractivity contribution in [3.05, 3.63) is 0 Å². The fourth-order valence-electron chi connectivity index (χ4n) is 1.90. The number of hydrogen-bond acceptors (Lipinski definition) is 1. The molecule has 2 fully saturated rings. The van der Waals surface area contributed by atoms with E-state index in [9.17, 15) is 0 Å². The summed E-state index contributed by atoms with van der Waals surface area (Å²) in [5.74, 6) is 1.09. The molecular formula is C11H21N. The first kappa shape index (κ1) is 8.55. The maximum absolute atomic E-state index is 3.61. The second kappa shape index (κ2) is 3.37. The first-order valence-corrected chi connectivity index (χ1v) is 5.55. The zero-order valence-corrected chi connectivity index (χ0v) is 8.23. The van der Waals surface area contributed by atoms with Crippen molar-refractivity contribution in [2.24, 2.45) is 11.3 Å². The van der Waals surface area contributed by atoms with E-state index in [2.05, 4.69) is 12.2 Å². The number of nitrogens with one attached hydrogen (secondary N) is 1. The van der Waals surface area contributed by atoms with Gasteiger partial charge in [-0.25, -0.2) is 0 Å². The van der Waals surface area contributed by atoms with Crippen LogP contribution in [-0.2, 0) is 0 Å². The van der Waals surface area contributed by atoms with Gasteiger partial charge in [-0.05, 0) is 43.6 Å². The van der Waals surface area contributed by atoms with Gasteiger partial charge in [-0.15, -0.1) is 0 Å². The van der Waals surface area contributed by atoms with Gasteiger partial charge in [0.2, 0.25) is 0 Å². The molecule has 0 bridgehead atoms. The van der Waals surface area contributed by atoms with Gasteiger partial charge in [0.15, 0.2) is 0 Å². The molecule has 0 amide bonds. The zero-order chi connectivity index (χ0) is 8.44. The summed E-state index contributed by atoms with van der Waals surface area (Å²) in [7, 11) is 0. The van der Waals surface area contributed by atoms with Crippen LogP contribution in [0.4, 0.5) is 0 Å². The Morgan fingerprint density at radius 2 is 2.08 bits per heavy atom. The molecule has 2 saturated carbocycles. The van der Waals surface area contributed by atoms with Crippen molar-refractivity contribution in [1.82, 2.24) is 5.32 Å². The predicted molar refractivity (Wildman–Crippen MR) is 52.2 cm³/mol. The lowest BCUT2D eigenvalue weighted by Crippen LogP contribution is -2.24. The second-order valence-electron chi connectivity index (χ2n) is 4.76. The lowest BCUT2D eigenvalue weighted by molar-refractivity contribution is 0.438. The molecule has 2 aliphatic rings. The van der Waals surface area contributed by atoms with Crippen LogP contribution in [0.2, 0.25) is 0 Å². The maximum atomic E-state index is 3.61. The van der Waals surface area contributed by atoms with Crippen LogP contribution in [0.1, 0.15) is 45.4 Å². The Hall–Kier alpha value is -0.0400. The molecule has 0 aromatic rings. The fourth-order valence-corrected chi connectivity index (χ4v) is 1.90. The summed E-state index contributed by atoms with van der Waals surface area (Å²) in [6.07, 6.45) is 8.75. The van der Waals surface area contributed by atoms with Crippen molar-refractivity contribution in [2.75, 3.05) is 13.1 Å². The molecule has 0 aromatic heterocycles. The summed E-state index contributed by atoms with van der Waals surface area (Å²) in [6, 6.07) is 0. The summed E-state index contributed by atoms with van der Waals surface area (Å²) < 4.78 is 0. The molecule has 0 atom stereocenters. The van der Waals surface area contributed by atoms with E-state index in [4.69, 9.17) is 0 Å². The molecule has 70 valence electrons. The summed E-state index contributed by atoms with van der Waals surface area (Å²) in [4.78, 5) is 0. The van der Waals surface area contributed by atoms with Gasteiger partial charge in [0.05, 0.1) is 0 Å². The van der Waals surface area contributed by atoms with Crippen molar-refractivity contribution < 1.29 is 0 Å². The monoisotopic (exact) mass is 167 g/mol. The van der Waals surface area contributed by atoms with E-state index in [1.54, 1.807) is 0 Å². The van der Waals surface area contributed by atoms with Crippen molar-refractivity contribution in [2.45, 2.75) is 45.4 Å². The molecular weight excluding hydrogens is 146 g/mol. The smallest absolute Gasteiger partial charge is 0.000771 e. The molecule has 0 spiro atoms. The highest BCUT2D eigenvalue weighted by molar-refractivity contribution is 4.93. The highest BCUT2D eigenvalue weighted by Gasteiger charge is 2.39. The van der Waals surface area contributed by atoms with Gasteiger partial charge in [0.1, 0.15) is 0 Å². The lowest BCUT2D eigenvalue weighted by Gasteiger charge is -2.12. The Labute approximate surface area is 75.9 Å². The predicted octanol–water partition coefficient (Wildman–Crippen LogP) is 2.57. The zero-order valence-electron chi connectivity index (χ0n) is 8.23. The average molecular weight is 167 g/mol. The molecule has 1 heteroatoms. The molecule has 1 nitrogen and oxygen atoms in total. The molecule has 2 rings (SSSR count). The molecule has 0 heterocycles. The normalized spacial score (nSPS) is 25.8. The van der Waals surface area contributed by atoms with Gasteiger partial charge in [-0.3, -0.25) is 0 Å². The minimum atomic E-state index is 0.740. The van der Waals surface area contributed by atoms with Crippen molar-refractivity contribution >= 4 is 0 Å². The van der Waals surface area contributed by atoms with Crippen LogP contribution >= 0.6 is 0 Å². The topological polar surface area (TPSA) is 12.0 Å². The van der Waals surface area contributed by atoms with Gasteiger partial charge in [-0.1, -0.05) is 19.8 Å². The molecule has 0 radical (unpaired) electrons. The molecule has 12 heavy (non-hydrogen) atoms. The Kier molecular flexibility index (Phi) is 2.40. The minimum Gasteiger partial charge on any atom is -0.316 e. The number of hydrogen-bond donors (Lipinski definition) is 1. The van der Waals surface area contributed by atoms with Crippen LogP contribution in [0.5, 0.6) is 0 Å². The summed E-state index contributed by atoms with van der Waals surface area (Å²) in [5.41, 5.74) is 0.740. The van der Waals surface area contributed by atoms with Crippen molar-refractivity contribution in [3.8, 4) is 0 Å². The first-order valence-electron chi connectivity index (χ1n) is 5.55. The fraction of sp³-hybridized carbons (Fsp3) is 1.00. The van der Waals surface area contributed by atoms with Gasteiger partial charge < -0.3 is 5.32 Å². The van der Waals surface area contributed by atoms with E-state index >= 15 is 0 Å². The van der Waals surface area contributed by atoms with E-state index in [1.807, 2.05) is 0 Å². The highest BCUT2D eigenvalue weighted by Crippen LogP contribution is 2.47. The molecule has 2 aliphatic carbocycles. The summed E-state index contributed by atoms with van der Waals surface area (Å²) in [5, 5.41) is 3.61. The largest absolute Gasteiger partial charge is 0.316 e. The molecule has 0 saturated heterocycles. The Morgan fingerprint density at radius 1 is 1.33 bits per heavy atom. The maximum Gasteiger partial charge on any atom is 0.000771 e. The minimum absolute atomic E-state index is 0.740. The van der Waals surface area contributed by atoms with Gasteiger partial charge >= 0.3 is 0 Å². The first-order chi connectivity index (χ1) is 5.85. The summed E-state index contributed by atoms with van der Waals surface area (Å²) >= 11 is 0. The van der Waals surface area contributed by atoms with Crippen LogP contribution in [0.15, 0.2) is 0 Å². The standard InChI is InChI=1S/C11H21N/c1-2-11(6-7-11)9-12-8-5-10-3-4-10/h10,12H,2-9H2,1H3. The van der Waals surface area contributed by atoms with E-state index in [0.717, 1.165) is 11.3 Å². The Bertz CT molecular complexity index is 145. The second-order valence-corrected chi connectivity index (χ2v) is 4.76. The number of rotatable bonds is 6. The third-order valence-electron chi connectivity index (χ3n) is 3.63. The van der Waals surface area contributed by atoms with Gasteiger partial charge in [0, 0.05) is 6.54 Å². The lowest BCUT2D eigenvalue weighted by atomic mass is 10.0. The summed E-state index contributed by atoms with van der Waals surface area (Å²) in [6.45, 7) is 4.89. The molecule has 0 unspecified atom stereocenters.